The zero-order chi connectivity index (χ0) is 25.5. The van der Waals surface area contributed by atoms with Crippen molar-refractivity contribution < 1.29 is 23.0 Å². The van der Waals surface area contributed by atoms with Crippen LogP contribution in [0.15, 0.2) is 0 Å². The van der Waals surface area contributed by atoms with Crippen molar-refractivity contribution in [2.45, 2.75) is 103 Å². The topological polar surface area (TPSA) is 81.8 Å². The molecule has 0 fully saturated rings. The summed E-state index contributed by atoms with van der Waals surface area (Å²) in [4.78, 5) is 9.91. The number of phosphoric acid groups is 1. The Hall–Kier alpha value is 0.380. The zero-order valence-corrected chi connectivity index (χ0v) is 24.7. The molecule has 34 heavy (non-hydrogen) atoms. The summed E-state index contributed by atoms with van der Waals surface area (Å²) in [5.74, 6) is 2.23. The number of quaternary nitrogens is 1. The maximum atomic E-state index is 12.1. The fourth-order valence-electron chi connectivity index (χ4n) is 3.77. The Balaban J connectivity index is 3.65. The highest BCUT2D eigenvalue weighted by Crippen LogP contribution is 2.43. The summed E-state index contributed by atoms with van der Waals surface area (Å²) in [6.45, 7) is 3.91. The van der Waals surface area contributed by atoms with Crippen LogP contribution < -0.4 is 5.73 Å². The van der Waals surface area contributed by atoms with Crippen molar-refractivity contribution in [3.05, 3.63) is 0 Å². The molecule has 0 amide bonds. The molecule has 0 bridgehead atoms. The van der Waals surface area contributed by atoms with Gasteiger partial charge in [0.05, 0.1) is 27.7 Å². The molecule has 0 rings (SSSR count). The molecule has 0 aliphatic rings. The molecule has 2 atom stereocenters. The fraction of sp³-hybridized carbons (Fsp3) is 1.00. The van der Waals surface area contributed by atoms with Crippen LogP contribution in [0.2, 0.25) is 0 Å². The van der Waals surface area contributed by atoms with Crippen LogP contribution in [0.1, 0.15) is 103 Å². The smallest absolute Gasteiger partial charge is 0.330 e. The van der Waals surface area contributed by atoms with Crippen LogP contribution in [0.3, 0.4) is 0 Å². The van der Waals surface area contributed by atoms with Gasteiger partial charge in [-0.15, -0.1) is 0 Å². The Bertz CT molecular complexity index is 492. The van der Waals surface area contributed by atoms with Gasteiger partial charge < -0.3 is 15.1 Å². The van der Waals surface area contributed by atoms with E-state index in [-0.39, 0.29) is 19.1 Å². The van der Waals surface area contributed by atoms with Crippen LogP contribution in [0, 0.1) is 5.92 Å². The van der Waals surface area contributed by atoms with E-state index in [0.717, 1.165) is 17.9 Å². The fourth-order valence-corrected chi connectivity index (χ4v) is 5.72. The normalized spacial score (nSPS) is 14.9. The van der Waals surface area contributed by atoms with E-state index in [0.29, 0.717) is 17.6 Å². The number of thioether (sulfide) groups is 1. The van der Waals surface area contributed by atoms with Crippen LogP contribution in [-0.2, 0) is 13.6 Å². The lowest BCUT2D eigenvalue weighted by molar-refractivity contribution is -0.870. The minimum Gasteiger partial charge on any atom is -0.330 e. The molecule has 0 saturated heterocycles. The van der Waals surface area contributed by atoms with Gasteiger partial charge in [0.2, 0.25) is 0 Å². The lowest BCUT2D eigenvalue weighted by atomic mass is 10.0. The Kier molecular flexibility index (Phi) is 22.8. The average molecular weight is 526 g/mol. The van der Waals surface area contributed by atoms with Gasteiger partial charge >= 0.3 is 7.82 Å². The van der Waals surface area contributed by atoms with Gasteiger partial charge in [0.15, 0.2) is 0 Å². The van der Waals surface area contributed by atoms with Gasteiger partial charge in [-0.05, 0) is 36.8 Å². The number of rotatable bonds is 26. The van der Waals surface area contributed by atoms with E-state index in [4.69, 9.17) is 14.8 Å². The number of likely N-dealkylation sites (N-methyl/N-ethyl adjacent to an activating group) is 1. The number of unbranched alkanes of at least 4 members (excludes halogenated alkanes) is 13. The molecule has 206 valence electrons. The largest absolute Gasteiger partial charge is 0.472 e. The van der Waals surface area contributed by atoms with Crippen molar-refractivity contribution >= 4 is 19.6 Å². The summed E-state index contributed by atoms with van der Waals surface area (Å²) < 4.78 is 23.1. The standard InChI is InChI=1S/C26H57N2O4PS/c1-5-6-7-8-9-10-11-12-13-14-15-16-17-18-23-34-25-26(19-20-27)24-32-33(29,30)31-22-21-28(2,3)4/h26H,5-25,27H2,1-4H3/p+1. The third-order valence-corrected chi connectivity index (χ3v) is 8.33. The van der Waals surface area contributed by atoms with Gasteiger partial charge in [-0.1, -0.05) is 90.4 Å². The summed E-state index contributed by atoms with van der Waals surface area (Å²) in [6.07, 6.45) is 20.1. The maximum absolute atomic E-state index is 12.1. The summed E-state index contributed by atoms with van der Waals surface area (Å²) >= 11 is 1.91. The van der Waals surface area contributed by atoms with E-state index in [1.807, 2.05) is 32.9 Å². The highest BCUT2D eigenvalue weighted by molar-refractivity contribution is 7.99. The van der Waals surface area contributed by atoms with Gasteiger partial charge in [-0.25, -0.2) is 4.57 Å². The third kappa shape index (κ3) is 25.5. The third-order valence-electron chi connectivity index (χ3n) is 6.06. The quantitative estimate of drug-likeness (QED) is 0.0718. The van der Waals surface area contributed by atoms with Crippen LogP contribution in [-0.4, -0.2) is 68.3 Å². The number of phosphoric ester groups is 1. The molecule has 3 N–H and O–H groups in total. The second-order valence-electron chi connectivity index (χ2n) is 10.7. The number of nitrogens with two attached hydrogens (primary N) is 1. The van der Waals surface area contributed by atoms with Crippen molar-refractivity contribution in [1.82, 2.24) is 0 Å². The molecule has 0 spiro atoms. The number of hydrogen-bond acceptors (Lipinski definition) is 5. The summed E-state index contributed by atoms with van der Waals surface area (Å²) in [6, 6.07) is 0. The van der Waals surface area contributed by atoms with Gasteiger partial charge in [0.1, 0.15) is 13.2 Å². The molecule has 0 aromatic heterocycles. The molecule has 0 aromatic rings. The van der Waals surface area contributed by atoms with Crippen LogP contribution in [0.25, 0.3) is 0 Å². The Morgan fingerprint density at radius 1 is 0.853 bits per heavy atom. The van der Waals surface area contributed by atoms with Gasteiger partial charge in [-0.3, -0.25) is 9.05 Å². The predicted octanol–water partition coefficient (Wildman–Crippen LogP) is 7.01. The van der Waals surface area contributed by atoms with Gasteiger partial charge in [-0.2, -0.15) is 11.8 Å². The van der Waals surface area contributed by atoms with Crippen molar-refractivity contribution in [2.75, 3.05) is 59.0 Å². The second kappa shape index (κ2) is 22.6. The molecule has 0 radical (unpaired) electrons. The zero-order valence-electron chi connectivity index (χ0n) is 23.0. The molecule has 8 heteroatoms. The maximum Gasteiger partial charge on any atom is 0.472 e. The molecule has 6 nitrogen and oxygen atoms in total. The lowest BCUT2D eigenvalue weighted by Crippen LogP contribution is -2.37. The molecule has 0 heterocycles. The number of hydrogen-bond donors (Lipinski definition) is 2. The predicted molar refractivity (Wildman–Crippen MR) is 149 cm³/mol. The molecule has 0 aromatic carbocycles. The Labute approximate surface area is 216 Å². The first kappa shape index (κ1) is 34.4. The van der Waals surface area contributed by atoms with E-state index < -0.39 is 7.82 Å². The van der Waals surface area contributed by atoms with Crippen LogP contribution in [0.4, 0.5) is 0 Å². The van der Waals surface area contributed by atoms with Crippen LogP contribution >= 0.6 is 19.6 Å². The number of nitrogens with zero attached hydrogens (tertiary/aromatic N) is 1. The first-order valence-corrected chi connectivity index (χ1v) is 16.6. The summed E-state index contributed by atoms with van der Waals surface area (Å²) in [5.41, 5.74) is 5.73. The Morgan fingerprint density at radius 3 is 1.82 bits per heavy atom. The van der Waals surface area contributed by atoms with Crippen molar-refractivity contribution in [3.63, 3.8) is 0 Å². The Morgan fingerprint density at radius 2 is 1.35 bits per heavy atom. The molecule has 0 aliphatic carbocycles. The first-order chi connectivity index (χ1) is 16.2. The van der Waals surface area contributed by atoms with Crippen molar-refractivity contribution in [2.24, 2.45) is 11.7 Å². The minimum atomic E-state index is -3.99. The summed E-state index contributed by atoms with van der Waals surface area (Å²) in [7, 11) is 2.05. The van der Waals surface area contributed by atoms with Gasteiger partial charge in [0, 0.05) is 0 Å². The highest BCUT2D eigenvalue weighted by atomic mass is 32.2. The van der Waals surface area contributed by atoms with E-state index in [2.05, 4.69) is 6.92 Å². The second-order valence-corrected chi connectivity index (χ2v) is 13.3. The molecular weight excluding hydrogens is 467 g/mol. The lowest BCUT2D eigenvalue weighted by Gasteiger charge is -2.24. The van der Waals surface area contributed by atoms with E-state index in [1.54, 1.807) is 0 Å². The molecular formula is C26H58N2O4PS+. The first-order valence-electron chi connectivity index (χ1n) is 13.9. The molecule has 0 saturated carbocycles. The highest BCUT2D eigenvalue weighted by Gasteiger charge is 2.24. The summed E-state index contributed by atoms with van der Waals surface area (Å²) in [5, 5.41) is 0. The van der Waals surface area contributed by atoms with Crippen LogP contribution in [0.5, 0.6) is 0 Å². The van der Waals surface area contributed by atoms with Crippen molar-refractivity contribution in [3.8, 4) is 0 Å². The average Bonchev–Trinajstić information content (AvgIpc) is 2.76. The van der Waals surface area contributed by atoms with Crippen molar-refractivity contribution in [1.29, 1.82) is 0 Å². The SMILES string of the molecule is CCCCCCCCCCCCCCCCSCC(CCN)COP(=O)(O)OCC[N+](C)(C)C. The van der Waals surface area contributed by atoms with Gasteiger partial charge in [0.25, 0.3) is 0 Å². The minimum absolute atomic E-state index is 0.184. The van der Waals surface area contributed by atoms with E-state index >= 15 is 0 Å². The monoisotopic (exact) mass is 525 g/mol. The van der Waals surface area contributed by atoms with E-state index in [9.17, 15) is 9.46 Å². The van der Waals surface area contributed by atoms with E-state index in [1.165, 1.54) is 89.9 Å². The molecule has 2 unspecified atom stereocenters. The molecule has 0 aliphatic heterocycles.